The van der Waals surface area contributed by atoms with E-state index in [1.165, 1.54) is 35.2 Å². The first-order chi connectivity index (χ1) is 13.9. The maximum absolute atomic E-state index is 13.2. The van der Waals surface area contributed by atoms with Gasteiger partial charge < -0.3 is 4.42 Å². The summed E-state index contributed by atoms with van der Waals surface area (Å²) in [6, 6.07) is 15.6. The number of thiophene rings is 1. The van der Waals surface area contributed by atoms with Crippen molar-refractivity contribution in [2.45, 2.75) is 20.8 Å². The second-order valence-electron chi connectivity index (χ2n) is 5.93. The van der Waals surface area contributed by atoms with Gasteiger partial charge in [-0.2, -0.15) is 4.98 Å². The van der Waals surface area contributed by atoms with Gasteiger partial charge in [0.15, 0.2) is 0 Å². The fraction of sp³-hybridized carbons (Fsp3) is 0.0500. The van der Waals surface area contributed by atoms with Gasteiger partial charge in [0.1, 0.15) is 5.82 Å². The van der Waals surface area contributed by atoms with Crippen molar-refractivity contribution >= 4 is 44.5 Å². The van der Waals surface area contributed by atoms with Crippen molar-refractivity contribution in [3.63, 3.8) is 0 Å². The molecule has 2 aromatic carbocycles. The number of rotatable bonds is 6. The molecule has 0 amide bonds. The summed E-state index contributed by atoms with van der Waals surface area (Å²) in [5, 5.41) is 2.41. The number of benzene rings is 2. The summed E-state index contributed by atoms with van der Waals surface area (Å²) in [4.78, 5) is 4.93. The van der Waals surface area contributed by atoms with Gasteiger partial charge in [0, 0.05) is 10.8 Å². The maximum Gasteiger partial charge on any atom is 0.238 e. The van der Waals surface area contributed by atoms with Crippen LogP contribution >= 0.6 is 34.7 Å². The Bertz CT molecular complexity index is 1240. The first-order valence-corrected chi connectivity index (χ1v) is 12.1. The standard InChI is InChI=1S/C20H13ClFNO3S3/c21-16-5-2-1-4-13(16)12-28-20-19(23-18(26-20)17-6-3-11-27-17)29(24,25)15-9-7-14(22)8-10-15/h1-11H,12H2. The highest BCUT2D eigenvalue weighted by molar-refractivity contribution is 7.99. The highest BCUT2D eigenvalue weighted by atomic mass is 35.5. The van der Waals surface area contributed by atoms with Crippen LogP contribution in [-0.2, 0) is 15.6 Å². The molecule has 0 saturated heterocycles. The van der Waals surface area contributed by atoms with E-state index in [-0.39, 0.29) is 20.9 Å². The summed E-state index contributed by atoms with van der Waals surface area (Å²) in [5.41, 5.74) is 0.846. The lowest BCUT2D eigenvalue weighted by Gasteiger charge is -2.05. The lowest BCUT2D eigenvalue weighted by molar-refractivity contribution is 0.471. The Balaban J connectivity index is 1.75. The van der Waals surface area contributed by atoms with Crippen molar-refractivity contribution in [3.05, 3.63) is 82.4 Å². The van der Waals surface area contributed by atoms with E-state index >= 15 is 0 Å². The predicted octanol–water partition coefficient (Wildman–Crippen LogP) is 6.32. The maximum atomic E-state index is 13.2. The fourth-order valence-electron chi connectivity index (χ4n) is 2.54. The molecule has 0 atom stereocenters. The number of nitrogens with zero attached hydrogens (tertiary/aromatic N) is 1. The number of hydrogen-bond donors (Lipinski definition) is 0. The van der Waals surface area contributed by atoms with E-state index in [1.54, 1.807) is 12.1 Å². The molecule has 4 aromatic rings. The molecule has 4 nitrogen and oxygen atoms in total. The molecule has 0 aliphatic heterocycles. The Labute approximate surface area is 180 Å². The Kier molecular flexibility index (Phi) is 5.78. The van der Waals surface area contributed by atoms with Crippen LogP contribution < -0.4 is 0 Å². The van der Waals surface area contributed by atoms with E-state index in [2.05, 4.69) is 4.98 Å². The monoisotopic (exact) mass is 465 g/mol. The number of aromatic nitrogens is 1. The minimum absolute atomic E-state index is 0.0514. The number of halogens is 2. The quantitative estimate of drug-likeness (QED) is 0.246. The molecule has 0 N–H and O–H groups in total. The average Bonchev–Trinajstić information content (AvgIpc) is 3.38. The first kappa shape index (κ1) is 20.2. The van der Waals surface area contributed by atoms with E-state index in [0.717, 1.165) is 17.7 Å². The van der Waals surface area contributed by atoms with Crippen LogP contribution in [0.25, 0.3) is 10.8 Å². The third-order valence-corrected chi connectivity index (χ3v) is 8.02. The molecule has 4 rings (SSSR count). The second kappa shape index (κ2) is 8.31. The molecular weight excluding hydrogens is 453 g/mol. The van der Waals surface area contributed by atoms with Gasteiger partial charge in [-0.1, -0.05) is 47.6 Å². The number of oxazole rings is 1. The van der Waals surface area contributed by atoms with Gasteiger partial charge in [-0.05, 0) is 47.3 Å². The van der Waals surface area contributed by atoms with Crippen molar-refractivity contribution in [1.82, 2.24) is 4.98 Å². The summed E-state index contributed by atoms with van der Waals surface area (Å²) in [6.45, 7) is 0. The van der Waals surface area contributed by atoms with Gasteiger partial charge in [-0.3, -0.25) is 0 Å². The largest absolute Gasteiger partial charge is 0.428 e. The molecular formula is C20H13ClFNO3S3. The summed E-state index contributed by atoms with van der Waals surface area (Å²) in [5.74, 6) is 0.115. The summed E-state index contributed by atoms with van der Waals surface area (Å²) in [7, 11) is -3.99. The zero-order chi connectivity index (χ0) is 20.4. The van der Waals surface area contributed by atoms with Crippen molar-refractivity contribution in [2.24, 2.45) is 0 Å². The fourth-order valence-corrected chi connectivity index (χ4v) is 6.01. The molecule has 0 aliphatic carbocycles. The Morgan fingerprint density at radius 3 is 2.52 bits per heavy atom. The van der Waals surface area contributed by atoms with E-state index in [1.807, 2.05) is 29.6 Å². The van der Waals surface area contributed by atoms with Crippen molar-refractivity contribution in [1.29, 1.82) is 0 Å². The van der Waals surface area contributed by atoms with Gasteiger partial charge in [0.2, 0.25) is 25.8 Å². The van der Waals surface area contributed by atoms with Crippen LogP contribution in [0.3, 0.4) is 0 Å². The molecule has 148 valence electrons. The zero-order valence-corrected chi connectivity index (χ0v) is 17.9. The SMILES string of the molecule is O=S(=O)(c1ccc(F)cc1)c1nc(-c2cccs2)oc1SCc1ccccc1Cl. The Hall–Kier alpha value is -2.13. The Morgan fingerprint density at radius 2 is 1.83 bits per heavy atom. The van der Waals surface area contributed by atoms with Crippen LogP contribution in [-0.4, -0.2) is 13.4 Å². The third-order valence-electron chi connectivity index (χ3n) is 3.99. The first-order valence-electron chi connectivity index (χ1n) is 8.37. The highest BCUT2D eigenvalue weighted by Gasteiger charge is 2.29. The number of thioether (sulfide) groups is 1. The van der Waals surface area contributed by atoms with Crippen LogP contribution in [0.15, 0.2) is 85.5 Å². The van der Waals surface area contributed by atoms with E-state index in [4.69, 9.17) is 16.0 Å². The lowest BCUT2D eigenvalue weighted by atomic mass is 10.2. The molecule has 0 spiro atoms. The topological polar surface area (TPSA) is 60.2 Å². The van der Waals surface area contributed by atoms with Crippen molar-refractivity contribution in [3.8, 4) is 10.8 Å². The summed E-state index contributed by atoms with van der Waals surface area (Å²) >= 11 is 8.79. The average molecular weight is 466 g/mol. The minimum atomic E-state index is -3.99. The molecule has 2 heterocycles. The van der Waals surface area contributed by atoms with Crippen LogP contribution in [0.1, 0.15) is 5.56 Å². The highest BCUT2D eigenvalue weighted by Crippen LogP contribution is 2.38. The Morgan fingerprint density at radius 1 is 1.07 bits per heavy atom. The zero-order valence-electron chi connectivity index (χ0n) is 14.7. The lowest BCUT2D eigenvalue weighted by Crippen LogP contribution is -2.04. The molecule has 0 aliphatic rings. The molecule has 0 fully saturated rings. The second-order valence-corrected chi connectivity index (χ2v) is 10.1. The molecule has 29 heavy (non-hydrogen) atoms. The van der Waals surface area contributed by atoms with Crippen LogP contribution in [0.2, 0.25) is 5.02 Å². The molecule has 9 heteroatoms. The van der Waals surface area contributed by atoms with Crippen LogP contribution in [0.5, 0.6) is 0 Å². The van der Waals surface area contributed by atoms with E-state index < -0.39 is 15.7 Å². The summed E-state index contributed by atoms with van der Waals surface area (Å²) in [6.07, 6.45) is 0. The van der Waals surface area contributed by atoms with E-state index in [0.29, 0.717) is 15.7 Å². The van der Waals surface area contributed by atoms with Crippen molar-refractivity contribution in [2.75, 3.05) is 0 Å². The van der Waals surface area contributed by atoms with Gasteiger partial charge >= 0.3 is 0 Å². The van der Waals surface area contributed by atoms with Crippen LogP contribution in [0.4, 0.5) is 4.39 Å². The number of hydrogen-bond acceptors (Lipinski definition) is 6. The van der Waals surface area contributed by atoms with Gasteiger partial charge in [0.05, 0.1) is 9.77 Å². The minimum Gasteiger partial charge on any atom is -0.428 e. The van der Waals surface area contributed by atoms with Gasteiger partial charge in [0.25, 0.3) is 0 Å². The van der Waals surface area contributed by atoms with Gasteiger partial charge in [-0.25, -0.2) is 12.8 Å². The molecule has 0 saturated carbocycles. The molecule has 0 bridgehead atoms. The number of sulfone groups is 1. The molecule has 0 unspecified atom stereocenters. The molecule has 2 aromatic heterocycles. The van der Waals surface area contributed by atoms with E-state index in [9.17, 15) is 12.8 Å². The normalized spacial score (nSPS) is 11.7. The molecule has 0 radical (unpaired) electrons. The van der Waals surface area contributed by atoms with Gasteiger partial charge in [-0.15, -0.1) is 11.3 Å². The third kappa shape index (κ3) is 4.25. The summed E-state index contributed by atoms with van der Waals surface area (Å²) < 4.78 is 45.4. The van der Waals surface area contributed by atoms with Crippen molar-refractivity contribution < 1.29 is 17.2 Å². The predicted molar refractivity (Wildman–Crippen MR) is 113 cm³/mol. The van der Waals surface area contributed by atoms with Crippen LogP contribution in [0, 0.1) is 5.82 Å². The smallest absolute Gasteiger partial charge is 0.238 e.